The van der Waals surface area contributed by atoms with Gasteiger partial charge in [0, 0.05) is 0 Å². The van der Waals surface area contributed by atoms with Crippen LogP contribution in [0.4, 0.5) is 0 Å². The molecule has 1 N–H and O–H groups in total. The summed E-state index contributed by atoms with van der Waals surface area (Å²) in [6, 6.07) is 0. The molecular weight excluding hydrogens is 232 g/mol. The molecule has 1 heteroatoms. The number of hydrogen-bond donors (Lipinski definition) is 1. The van der Waals surface area contributed by atoms with E-state index < -0.39 is 0 Å². The van der Waals surface area contributed by atoms with Gasteiger partial charge in [-0.2, -0.15) is 0 Å². The van der Waals surface area contributed by atoms with Crippen LogP contribution in [0.2, 0.25) is 0 Å². The van der Waals surface area contributed by atoms with Gasteiger partial charge < -0.3 is 5.11 Å². The van der Waals surface area contributed by atoms with E-state index in [2.05, 4.69) is 13.0 Å². The highest BCUT2D eigenvalue weighted by atomic mass is 16.3. The van der Waals surface area contributed by atoms with Crippen LogP contribution in [0, 0.1) is 29.1 Å². The molecule has 0 aliphatic heterocycles. The first kappa shape index (κ1) is 12.4. The maximum Gasteiger partial charge on any atom is 0.0596 e. The number of aliphatic hydroxyl groups excluding tert-OH is 1. The van der Waals surface area contributed by atoms with E-state index in [0.717, 1.165) is 30.1 Å². The number of aliphatic hydroxyl groups is 1. The molecule has 0 amide bonds. The maximum atomic E-state index is 10.4. The predicted molar refractivity (Wildman–Crippen MR) is 77.7 cm³/mol. The smallest absolute Gasteiger partial charge is 0.0596 e. The van der Waals surface area contributed by atoms with E-state index in [1.165, 1.54) is 51.4 Å². The fourth-order valence-electron chi connectivity index (χ4n) is 6.28. The Kier molecular flexibility index (Phi) is 2.85. The third kappa shape index (κ3) is 1.70. The van der Waals surface area contributed by atoms with Gasteiger partial charge in [-0.15, -0.1) is 0 Å². The Labute approximate surface area is 117 Å². The SMILES string of the molecule is CC12CCC3C4CCCC=C4CCC3C1CCC2O. The molecule has 4 rings (SSSR count). The summed E-state index contributed by atoms with van der Waals surface area (Å²) in [6.07, 6.45) is 14.6. The van der Waals surface area contributed by atoms with Crippen LogP contribution in [0.3, 0.4) is 0 Å². The van der Waals surface area contributed by atoms with Crippen molar-refractivity contribution in [2.75, 3.05) is 0 Å². The molecule has 3 fully saturated rings. The van der Waals surface area contributed by atoms with Crippen molar-refractivity contribution in [3.05, 3.63) is 11.6 Å². The van der Waals surface area contributed by atoms with Gasteiger partial charge in [0.15, 0.2) is 0 Å². The van der Waals surface area contributed by atoms with Crippen molar-refractivity contribution >= 4 is 0 Å². The van der Waals surface area contributed by atoms with Gasteiger partial charge in [0.2, 0.25) is 0 Å². The minimum absolute atomic E-state index is 0.0123. The normalized spacial score (nSPS) is 52.9. The van der Waals surface area contributed by atoms with E-state index in [0.29, 0.717) is 0 Å². The van der Waals surface area contributed by atoms with Crippen molar-refractivity contribution < 1.29 is 5.11 Å². The van der Waals surface area contributed by atoms with Crippen LogP contribution in [0.25, 0.3) is 0 Å². The molecule has 0 heterocycles. The molecule has 0 bridgehead atoms. The zero-order chi connectivity index (χ0) is 13.0. The topological polar surface area (TPSA) is 20.2 Å². The highest BCUT2D eigenvalue weighted by Crippen LogP contribution is 2.61. The van der Waals surface area contributed by atoms with Gasteiger partial charge in [-0.05, 0) is 86.9 Å². The van der Waals surface area contributed by atoms with E-state index in [1.807, 2.05) is 5.57 Å². The van der Waals surface area contributed by atoms with Crippen LogP contribution < -0.4 is 0 Å². The minimum atomic E-state index is -0.0123. The molecule has 0 aromatic heterocycles. The van der Waals surface area contributed by atoms with Crippen molar-refractivity contribution in [3.63, 3.8) is 0 Å². The first-order chi connectivity index (χ1) is 9.20. The number of rotatable bonds is 0. The second kappa shape index (κ2) is 4.35. The van der Waals surface area contributed by atoms with Gasteiger partial charge in [-0.1, -0.05) is 18.6 Å². The van der Waals surface area contributed by atoms with E-state index >= 15 is 0 Å². The molecule has 6 unspecified atom stereocenters. The van der Waals surface area contributed by atoms with Gasteiger partial charge in [0.05, 0.1) is 6.10 Å². The summed E-state index contributed by atoms with van der Waals surface area (Å²) >= 11 is 0. The lowest BCUT2D eigenvalue weighted by Gasteiger charge is -2.53. The lowest BCUT2D eigenvalue weighted by molar-refractivity contribution is -0.0533. The van der Waals surface area contributed by atoms with Gasteiger partial charge in [0.25, 0.3) is 0 Å². The fraction of sp³-hybridized carbons (Fsp3) is 0.889. The average Bonchev–Trinajstić information content (AvgIpc) is 2.75. The fourth-order valence-corrected chi connectivity index (χ4v) is 6.28. The van der Waals surface area contributed by atoms with Crippen molar-refractivity contribution in [1.29, 1.82) is 0 Å². The van der Waals surface area contributed by atoms with Gasteiger partial charge >= 0.3 is 0 Å². The average molecular weight is 260 g/mol. The number of fused-ring (bicyclic) bond motifs is 5. The quantitative estimate of drug-likeness (QED) is 0.643. The Balaban J connectivity index is 1.63. The lowest BCUT2D eigenvalue weighted by atomic mass is 9.52. The van der Waals surface area contributed by atoms with Gasteiger partial charge in [-0.25, -0.2) is 0 Å². The molecule has 0 saturated heterocycles. The van der Waals surface area contributed by atoms with Crippen LogP contribution in [-0.4, -0.2) is 11.2 Å². The second-order valence-electron chi connectivity index (χ2n) is 7.93. The Morgan fingerprint density at radius 3 is 2.89 bits per heavy atom. The third-order valence-electron chi connectivity index (χ3n) is 7.33. The Morgan fingerprint density at radius 1 is 1.11 bits per heavy atom. The summed E-state index contributed by atoms with van der Waals surface area (Å²) in [5.74, 6) is 3.64. The maximum absolute atomic E-state index is 10.4. The molecular formula is C18H28O. The summed E-state index contributed by atoms with van der Waals surface area (Å²) in [5, 5.41) is 10.4. The van der Waals surface area contributed by atoms with E-state index in [1.54, 1.807) is 0 Å². The zero-order valence-corrected chi connectivity index (χ0v) is 12.3. The van der Waals surface area contributed by atoms with Crippen LogP contribution in [0.5, 0.6) is 0 Å². The Bertz CT molecular complexity index is 398. The van der Waals surface area contributed by atoms with E-state index in [-0.39, 0.29) is 11.5 Å². The van der Waals surface area contributed by atoms with E-state index in [9.17, 15) is 5.11 Å². The molecule has 106 valence electrons. The highest BCUT2D eigenvalue weighted by molar-refractivity contribution is 5.18. The summed E-state index contributed by atoms with van der Waals surface area (Å²) < 4.78 is 0. The van der Waals surface area contributed by atoms with Crippen molar-refractivity contribution in [2.24, 2.45) is 29.1 Å². The standard InChI is InChI=1S/C18H28O/c1-18-11-10-14-13-5-3-2-4-12(13)6-7-15(14)16(18)8-9-17(18)19/h4,13-17,19H,2-3,5-11H2,1H3. The molecule has 0 aromatic carbocycles. The molecule has 4 aliphatic rings. The molecule has 0 aromatic rings. The van der Waals surface area contributed by atoms with Crippen LogP contribution >= 0.6 is 0 Å². The Morgan fingerprint density at radius 2 is 2.00 bits per heavy atom. The summed E-state index contributed by atoms with van der Waals surface area (Å²) in [4.78, 5) is 0. The third-order valence-corrected chi connectivity index (χ3v) is 7.33. The lowest BCUT2D eigenvalue weighted by Crippen LogP contribution is -2.47. The molecule has 4 aliphatic carbocycles. The molecule has 6 atom stereocenters. The van der Waals surface area contributed by atoms with Crippen molar-refractivity contribution in [3.8, 4) is 0 Å². The van der Waals surface area contributed by atoms with E-state index in [4.69, 9.17) is 0 Å². The number of hydrogen-bond acceptors (Lipinski definition) is 1. The Hall–Kier alpha value is -0.300. The largest absolute Gasteiger partial charge is 0.393 e. The van der Waals surface area contributed by atoms with Crippen LogP contribution in [0.15, 0.2) is 11.6 Å². The minimum Gasteiger partial charge on any atom is -0.393 e. The monoisotopic (exact) mass is 260 g/mol. The van der Waals surface area contributed by atoms with Crippen molar-refractivity contribution in [1.82, 2.24) is 0 Å². The van der Waals surface area contributed by atoms with Gasteiger partial charge in [0.1, 0.15) is 0 Å². The molecule has 3 saturated carbocycles. The molecule has 19 heavy (non-hydrogen) atoms. The first-order valence-corrected chi connectivity index (χ1v) is 8.57. The summed E-state index contributed by atoms with van der Waals surface area (Å²) in [5.41, 5.74) is 2.08. The van der Waals surface area contributed by atoms with Crippen LogP contribution in [-0.2, 0) is 0 Å². The molecule has 0 spiro atoms. The predicted octanol–water partition coefficient (Wildman–Crippen LogP) is 4.31. The first-order valence-electron chi connectivity index (χ1n) is 8.57. The van der Waals surface area contributed by atoms with Gasteiger partial charge in [-0.3, -0.25) is 0 Å². The second-order valence-corrected chi connectivity index (χ2v) is 7.93. The summed E-state index contributed by atoms with van der Waals surface area (Å²) in [7, 11) is 0. The summed E-state index contributed by atoms with van der Waals surface area (Å²) in [6.45, 7) is 2.39. The van der Waals surface area contributed by atoms with Crippen molar-refractivity contribution in [2.45, 2.75) is 70.8 Å². The zero-order valence-electron chi connectivity index (χ0n) is 12.3. The highest BCUT2D eigenvalue weighted by Gasteiger charge is 2.55. The molecule has 1 nitrogen and oxygen atoms in total. The van der Waals surface area contributed by atoms with Crippen LogP contribution in [0.1, 0.15) is 64.7 Å². The molecule has 0 radical (unpaired) electrons. The number of allylic oxidation sites excluding steroid dienone is 2.